The molecule has 0 amide bonds. The first kappa shape index (κ1) is 7.91. The first-order valence-corrected chi connectivity index (χ1v) is 3.22. The Morgan fingerprint density at radius 2 is 1.82 bits per heavy atom. The lowest BCUT2D eigenvalue weighted by atomic mass is 10.1. The van der Waals surface area contributed by atoms with Crippen LogP contribution in [-0.4, -0.2) is 12.0 Å². The van der Waals surface area contributed by atoms with Crippen molar-refractivity contribution < 1.29 is 9.90 Å². The highest BCUT2D eigenvalue weighted by atomic mass is 16.3. The lowest BCUT2D eigenvalue weighted by Crippen LogP contribution is -2.28. The molecule has 3 heteroatoms. The van der Waals surface area contributed by atoms with Crippen molar-refractivity contribution in [3.8, 4) is 0 Å². The Morgan fingerprint density at radius 1 is 1.27 bits per heavy atom. The van der Waals surface area contributed by atoms with E-state index in [1.165, 1.54) is 0 Å². The molecule has 0 fully saturated rings. The van der Waals surface area contributed by atoms with Gasteiger partial charge in [-0.1, -0.05) is 30.3 Å². The molecule has 2 N–H and O–H groups in total. The van der Waals surface area contributed by atoms with Gasteiger partial charge in [0.05, 0.1) is 0 Å². The van der Waals surface area contributed by atoms with Crippen LogP contribution in [0.15, 0.2) is 30.3 Å². The molecule has 0 heterocycles. The van der Waals surface area contributed by atoms with E-state index in [2.05, 4.69) is 0 Å². The van der Waals surface area contributed by atoms with Crippen LogP contribution in [0, 0.1) is 0 Å². The van der Waals surface area contributed by atoms with E-state index < -0.39 is 12.0 Å². The largest absolute Gasteiger partial charge is 0.297 e. The van der Waals surface area contributed by atoms with Crippen LogP contribution in [0.5, 0.6) is 0 Å². The van der Waals surface area contributed by atoms with E-state index in [4.69, 9.17) is 5.73 Å². The Labute approximate surface area is 64.5 Å². The zero-order valence-electron chi connectivity index (χ0n) is 5.86. The minimum absolute atomic E-state index is 0.370. The lowest BCUT2D eigenvalue weighted by molar-refractivity contribution is 0.0568. The summed E-state index contributed by atoms with van der Waals surface area (Å²) in [6, 6.07) is 8.29. The maximum atomic E-state index is 10.9. The van der Waals surface area contributed by atoms with E-state index in [1.54, 1.807) is 30.3 Å². The van der Waals surface area contributed by atoms with Gasteiger partial charge in [0.15, 0.2) is 0 Å². The summed E-state index contributed by atoms with van der Waals surface area (Å²) in [4.78, 5) is 10.9. The summed E-state index contributed by atoms with van der Waals surface area (Å²) < 4.78 is 0. The fraction of sp³-hybridized carbons (Fsp3) is 0.125. The zero-order chi connectivity index (χ0) is 8.27. The van der Waals surface area contributed by atoms with Crippen LogP contribution in [-0.2, 0) is 5.11 Å². The van der Waals surface area contributed by atoms with Crippen molar-refractivity contribution >= 4 is 5.78 Å². The third-order valence-corrected chi connectivity index (χ3v) is 1.32. The van der Waals surface area contributed by atoms with E-state index in [9.17, 15) is 9.90 Å². The molecular formula is C8H8NO2. The van der Waals surface area contributed by atoms with Crippen molar-refractivity contribution in [2.45, 2.75) is 6.23 Å². The summed E-state index contributed by atoms with van der Waals surface area (Å²) in [5, 5.41) is 10.5. The summed E-state index contributed by atoms with van der Waals surface area (Å²) in [5.41, 5.74) is 5.23. The van der Waals surface area contributed by atoms with Crippen LogP contribution in [0.2, 0.25) is 0 Å². The summed E-state index contributed by atoms with van der Waals surface area (Å²) >= 11 is 0. The third kappa shape index (κ3) is 1.86. The van der Waals surface area contributed by atoms with E-state index in [-0.39, 0.29) is 0 Å². The lowest BCUT2D eigenvalue weighted by Gasteiger charge is -1.99. The van der Waals surface area contributed by atoms with Gasteiger partial charge in [-0.3, -0.25) is 10.5 Å². The quantitative estimate of drug-likeness (QED) is 0.495. The number of hydrogen-bond acceptors (Lipinski definition) is 2. The molecule has 0 bridgehead atoms. The molecule has 0 aliphatic rings. The van der Waals surface area contributed by atoms with Crippen LogP contribution in [0.25, 0.3) is 0 Å². The van der Waals surface area contributed by atoms with Crippen LogP contribution in [0.3, 0.4) is 0 Å². The highest BCUT2D eigenvalue weighted by Crippen LogP contribution is 2.00. The number of Topliss-reactive ketones (excluding diaryl/α,β-unsaturated/α-hetero) is 1. The smallest absolute Gasteiger partial charge is 0.209 e. The minimum atomic E-state index is -1.66. The average molecular weight is 150 g/mol. The van der Waals surface area contributed by atoms with Gasteiger partial charge in [0.1, 0.15) is 0 Å². The van der Waals surface area contributed by atoms with Gasteiger partial charge in [-0.25, -0.2) is 5.11 Å². The number of carbonyl (C=O) groups excluding carboxylic acids is 1. The van der Waals surface area contributed by atoms with Crippen LogP contribution in [0.1, 0.15) is 10.4 Å². The predicted molar refractivity (Wildman–Crippen MR) is 39.4 cm³/mol. The Morgan fingerprint density at radius 3 is 2.27 bits per heavy atom. The van der Waals surface area contributed by atoms with Crippen LogP contribution >= 0.6 is 0 Å². The highest BCUT2D eigenvalue weighted by Gasteiger charge is 2.12. The summed E-state index contributed by atoms with van der Waals surface area (Å²) in [7, 11) is 0. The monoisotopic (exact) mass is 150 g/mol. The van der Waals surface area contributed by atoms with Gasteiger partial charge in [-0.15, -0.1) is 0 Å². The van der Waals surface area contributed by atoms with Gasteiger partial charge in [0.2, 0.25) is 12.0 Å². The fourth-order valence-corrected chi connectivity index (χ4v) is 0.767. The molecule has 0 aromatic heterocycles. The van der Waals surface area contributed by atoms with Crippen molar-refractivity contribution in [1.82, 2.24) is 0 Å². The normalized spacial score (nSPS) is 12.5. The molecule has 1 aromatic rings. The molecule has 0 saturated carbocycles. The number of ketones is 1. The number of carbonyl (C=O) groups is 1. The maximum absolute atomic E-state index is 10.9. The predicted octanol–water partition coefficient (Wildman–Crippen LogP) is 0.585. The van der Waals surface area contributed by atoms with E-state index in [1.807, 2.05) is 0 Å². The molecule has 11 heavy (non-hydrogen) atoms. The van der Waals surface area contributed by atoms with Gasteiger partial charge >= 0.3 is 0 Å². The minimum Gasteiger partial charge on any atom is -0.297 e. The second-order valence-corrected chi connectivity index (χ2v) is 2.15. The Balaban J connectivity index is 2.86. The fourth-order valence-electron chi connectivity index (χ4n) is 0.767. The second kappa shape index (κ2) is 3.27. The highest BCUT2D eigenvalue weighted by molar-refractivity contribution is 5.98. The molecule has 1 unspecified atom stereocenters. The van der Waals surface area contributed by atoms with E-state index in [0.29, 0.717) is 5.56 Å². The van der Waals surface area contributed by atoms with E-state index >= 15 is 0 Å². The van der Waals surface area contributed by atoms with Gasteiger partial charge in [-0.05, 0) is 0 Å². The molecule has 3 nitrogen and oxygen atoms in total. The standard InChI is InChI=1S/C8H8NO2/c9-8(11)7(10)6-4-2-1-3-5-6/h1-5,8H,9H2. The first-order valence-electron chi connectivity index (χ1n) is 3.22. The summed E-state index contributed by atoms with van der Waals surface area (Å²) in [5.74, 6) is -0.564. The van der Waals surface area contributed by atoms with Gasteiger partial charge in [0.25, 0.3) is 0 Å². The molecular weight excluding hydrogens is 142 g/mol. The first-order chi connectivity index (χ1) is 5.22. The Bertz CT molecular complexity index is 244. The molecule has 0 spiro atoms. The van der Waals surface area contributed by atoms with Crippen molar-refractivity contribution in [3.63, 3.8) is 0 Å². The van der Waals surface area contributed by atoms with Gasteiger partial charge in [0, 0.05) is 5.56 Å². The van der Waals surface area contributed by atoms with Gasteiger partial charge < -0.3 is 0 Å². The Kier molecular flexibility index (Phi) is 2.36. The van der Waals surface area contributed by atoms with E-state index in [0.717, 1.165) is 0 Å². The third-order valence-electron chi connectivity index (χ3n) is 1.32. The van der Waals surface area contributed by atoms with Gasteiger partial charge in [-0.2, -0.15) is 0 Å². The molecule has 0 aliphatic heterocycles. The summed E-state index contributed by atoms with van der Waals surface area (Å²) in [6.45, 7) is 0. The average Bonchev–Trinajstić information content (AvgIpc) is 2.05. The molecule has 57 valence electrons. The molecule has 1 atom stereocenters. The molecule has 1 aromatic carbocycles. The SMILES string of the molecule is NC([O])C(=O)c1ccccc1. The van der Waals surface area contributed by atoms with Crippen molar-refractivity contribution in [1.29, 1.82) is 0 Å². The number of hydrogen-bond donors (Lipinski definition) is 1. The zero-order valence-corrected chi connectivity index (χ0v) is 5.86. The molecule has 1 radical (unpaired) electrons. The second-order valence-electron chi connectivity index (χ2n) is 2.15. The molecule has 1 rings (SSSR count). The maximum Gasteiger partial charge on any atom is 0.209 e. The van der Waals surface area contributed by atoms with Crippen molar-refractivity contribution in [3.05, 3.63) is 35.9 Å². The van der Waals surface area contributed by atoms with Crippen molar-refractivity contribution in [2.75, 3.05) is 0 Å². The number of nitrogens with two attached hydrogens (primary N) is 1. The number of rotatable bonds is 2. The topological polar surface area (TPSA) is 63.0 Å². The summed E-state index contributed by atoms with van der Waals surface area (Å²) in [6.07, 6.45) is -1.66. The van der Waals surface area contributed by atoms with Crippen molar-refractivity contribution in [2.24, 2.45) is 5.73 Å². The van der Waals surface area contributed by atoms with Crippen LogP contribution in [0.4, 0.5) is 0 Å². The molecule has 0 saturated heterocycles. The van der Waals surface area contributed by atoms with Crippen LogP contribution < -0.4 is 5.73 Å². The molecule has 0 aliphatic carbocycles. The number of benzene rings is 1. The Hall–Kier alpha value is -1.19.